The second-order valence-corrected chi connectivity index (χ2v) is 5.10. The SMILES string of the molecule is COc1cc(C2CCC(C)C(C)C2)ccn1. The molecule has 1 aliphatic rings. The second-order valence-electron chi connectivity index (χ2n) is 5.10. The Bertz CT molecular complexity index is 350. The molecule has 0 N–H and O–H groups in total. The fourth-order valence-corrected chi connectivity index (χ4v) is 2.64. The molecule has 16 heavy (non-hydrogen) atoms. The van der Waals surface area contributed by atoms with Gasteiger partial charge in [0.15, 0.2) is 0 Å². The van der Waals surface area contributed by atoms with Gasteiger partial charge < -0.3 is 4.74 Å². The lowest BCUT2D eigenvalue weighted by molar-refractivity contribution is 0.250. The molecule has 1 aromatic rings. The quantitative estimate of drug-likeness (QED) is 0.757. The van der Waals surface area contributed by atoms with Gasteiger partial charge >= 0.3 is 0 Å². The molecule has 2 rings (SSSR count). The molecule has 3 atom stereocenters. The Hall–Kier alpha value is -1.05. The molecule has 88 valence electrons. The van der Waals surface area contributed by atoms with Gasteiger partial charge in [-0.15, -0.1) is 0 Å². The summed E-state index contributed by atoms with van der Waals surface area (Å²) in [5.74, 6) is 3.14. The zero-order chi connectivity index (χ0) is 11.5. The van der Waals surface area contributed by atoms with E-state index >= 15 is 0 Å². The standard InChI is InChI=1S/C14H21NO/c1-10-4-5-12(8-11(10)2)13-6-7-15-14(9-13)16-3/h6-7,9-12H,4-5,8H2,1-3H3. The van der Waals surface area contributed by atoms with E-state index in [-0.39, 0.29) is 0 Å². The summed E-state index contributed by atoms with van der Waals surface area (Å²) in [6.07, 6.45) is 5.81. The lowest BCUT2D eigenvalue weighted by Crippen LogP contribution is -2.19. The molecule has 0 aliphatic heterocycles. The average Bonchev–Trinajstić information content (AvgIpc) is 2.33. The number of rotatable bonds is 2. The molecule has 1 aliphatic carbocycles. The van der Waals surface area contributed by atoms with Crippen LogP contribution in [0.4, 0.5) is 0 Å². The zero-order valence-electron chi connectivity index (χ0n) is 10.4. The lowest BCUT2D eigenvalue weighted by atomic mass is 9.73. The zero-order valence-corrected chi connectivity index (χ0v) is 10.4. The third-order valence-corrected chi connectivity index (χ3v) is 4.04. The van der Waals surface area contributed by atoms with Crippen molar-refractivity contribution >= 4 is 0 Å². The Morgan fingerprint density at radius 2 is 2.06 bits per heavy atom. The molecule has 0 aromatic carbocycles. The summed E-state index contributed by atoms with van der Waals surface area (Å²) in [7, 11) is 1.68. The van der Waals surface area contributed by atoms with Gasteiger partial charge in [-0.1, -0.05) is 13.8 Å². The van der Waals surface area contributed by atoms with Crippen molar-refractivity contribution in [2.75, 3.05) is 7.11 Å². The van der Waals surface area contributed by atoms with E-state index in [1.807, 2.05) is 6.20 Å². The van der Waals surface area contributed by atoms with Crippen molar-refractivity contribution in [1.82, 2.24) is 4.98 Å². The molecule has 1 aromatic heterocycles. The van der Waals surface area contributed by atoms with Crippen LogP contribution < -0.4 is 4.74 Å². The fourth-order valence-electron chi connectivity index (χ4n) is 2.64. The number of aromatic nitrogens is 1. The number of hydrogen-bond donors (Lipinski definition) is 0. The number of pyridine rings is 1. The van der Waals surface area contributed by atoms with E-state index in [4.69, 9.17) is 4.74 Å². The highest BCUT2D eigenvalue weighted by atomic mass is 16.5. The molecular weight excluding hydrogens is 198 g/mol. The van der Waals surface area contributed by atoms with Crippen molar-refractivity contribution in [2.45, 2.75) is 39.0 Å². The van der Waals surface area contributed by atoms with Crippen molar-refractivity contribution < 1.29 is 4.74 Å². The lowest BCUT2D eigenvalue weighted by Gasteiger charge is -2.32. The van der Waals surface area contributed by atoms with Crippen LogP contribution in [0.2, 0.25) is 0 Å². The summed E-state index contributed by atoms with van der Waals surface area (Å²) in [6.45, 7) is 4.74. The molecule has 2 nitrogen and oxygen atoms in total. The van der Waals surface area contributed by atoms with Gasteiger partial charge in [-0.05, 0) is 48.6 Å². The van der Waals surface area contributed by atoms with Crippen molar-refractivity contribution in [3.8, 4) is 5.88 Å². The summed E-state index contributed by atoms with van der Waals surface area (Å²) in [6, 6.07) is 4.23. The highest BCUT2D eigenvalue weighted by Gasteiger charge is 2.25. The van der Waals surface area contributed by atoms with Gasteiger partial charge in [-0.3, -0.25) is 0 Å². The van der Waals surface area contributed by atoms with Crippen LogP contribution in [0, 0.1) is 11.8 Å². The molecule has 1 saturated carbocycles. The van der Waals surface area contributed by atoms with E-state index < -0.39 is 0 Å². The van der Waals surface area contributed by atoms with Gasteiger partial charge in [0.1, 0.15) is 0 Å². The molecule has 2 heteroatoms. The van der Waals surface area contributed by atoms with Crippen LogP contribution in [-0.4, -0.2) is 12.1 Å². The first kappa shape index (κ1) is 11.4. The first-order valence-corrected chi connectivity index (χ1v) is 6.20. The van der Waals surface area contributed by atoms with Gasteiger partial charge in [0.2, 0.25) is 5.88 Å². The van der Waals surface area contributed by atoms with Crippen molar-refractivity contribution in [2.24, 2.45) is 11.8 Å². The third-order valence-electron chi connectivity index (χ3n) is 4.04. The molecule has 1 heterocycles. The van der Waals surface area contributed by atoms with Crippen molar-refractivity contribution in [1.29, 1.82) is 0 Å². The Labute approximate surface area is 98.0 Å². The molecule has 0 radical (unpaired) electrons. The van der Waals surface area contributed by atoms with E-state index in [1.54, 1.807) is 7.11 Å². The highest BCUT2D eigenvalue weighted by Crippen LogP contribution is 2.39. The largest absolute Gasteiger partial charge is 0.481 e. The van der Waals surface area contributed by atoms with Gasteiger partial charge in [-0.25, -0.2) is 4.98 Å². The van der Waals surface area contributed by atoms with E-state index in [2.05, 4.69) is 31.0 Å². The van der Waals surface area contributed by atoms with E-state index in [0.717, 1.165) is 17.7 Å². The third kappa shape index (κ3) is 2.37. The first-order chi connectivity index (χ1) is 7.70. The van der Waals surface area contributed by atoms with E-state index in [0.29, 0.717) is 5.92 Å². The maximum absolute atomic E-state index is 5.18. The minimum Gasteiger partial charge on any atom is -0.481 e. The van der Waals surface area contributed by atoms with E-state index in [1.165, 1.54) is 24.8 Å². The molecule has 0 amide bonds. The summed E-state index contributed by atoms with van der Waals surface area (Å²) in [5, 5.41) is 0. The normalized spacial score (nSPS) is 30.1. The molecule has 3 unspecified atom stereocenters. The summed E-state index contributed by atoms with van der Waals surface area (Å²) in [5.41, 5.74) is 1.39. The van der Waals surface area contributed by atoms with Gasteiger partial charge in [0.25, 0.3) is 0 Å². The molecule has 1 fully saturated rings. The fraction of sp³-hybridized carbons (Fsp3) is 0.643. The van der Waals surface area contributed by atoms with Crippen LogP contribution in [-0.2, 0) is 0 Å². The van der Waals surface area contributed by atoms with Crippen LogP contribution in [0.1, 0.15) is 44.6 Å². The smallest absolute Gasteiger partial charge is 0.213 e. The Morgan fingerprint density at radius 3 is 2.75 bits per heavy atom. The van der Waals surface area contributed by atoms with Gasteiger partial charge in [0, 0.05) is 12.3 Å². The molecule has 0 spiro atoms. The minimum atomic E-state index is 0.697. The summed E-state index contributed by atoms with van der Waals surface area (Å²) >= 11 is 0. The topological polar surface area (TPSA) is 22.1 Å². The number of ether oxygens (including phenoxy) is 1. The van der Waals surface area contributed by atoms with Crippen LogP contribution in [0.5, 0.6) is 5.88 Å². The van der Waals surface area contributed by atoms with Crippen LogP contribution in [0.15, 0.2) is 18.3 Å². The first-order valence-electron chi connectivity index (χ1n) is 6.20. The van der Waals surface area contributed by atoms with Crippen LogP contribution in [0.3, 0.4) is 0 Å². The minimum absolute atomic E-state index is 0.697. The molecular formula is C14H21NO. The summed E-state index contributed by atoms with van der Waals surface area (Å²) < 4.78 is 5.18. The number of hydrogen-bond acceptors (Lipinski definition) is 2. The summed E-state index contributed by atoms with van der Waals surface area (Å²) in [4.78, 5) is 4.16. The number of nitrogens with zero attached hydrogens (tertiary/aromatic N) is 1. The van der Waals surface area contributed by atoms with Crippen molar-refractivity contribution in [3.05, 3.63) is 23.9 Å². The average molecular weight is 219 g/mol. The Kier molecular flexibility index (Phi) is 3.47. The van der Waals surface area contributed by atoms with Crippen LogP contribution in [0.25, 0.3) is 0 Å². The monoisotopic (exact) mass is 219 g/mol. The predicted octanol–water partition coefficient (Wildman–Crippen LogP) is 3.63. The number of methoxy groups -OCH3 is 1. The van der Waals surface area contributed by atoms with Gasteiger partial charge in [0.05, 0.1) is 7.11 Å². The Balaban J connectivity index is 2.12. The molecule has 0 bridgehead atoms. The second kappa shape index (κ2) is 4.86. The maximum atomic E-state index is 5.18. The van der Waals surface area contributed by atoms with Gasteiger partial charge in [-0.2, -0.15) is 0 Å². The Morgan fingerprint density at radius 1 is 1.25 bits per heavy atom. The van der Waals surface area contributed by atoms with Crippen molar-refractivity contribution in [3.63, 3.8) is 0 Å². The maximum Gasteiger partial charge on any atom is 0.213 e. The molecule has 0 saturated heterocycles. The van der Waals surface area contributed by atoms with Crippen LogP contribution >= 0.6 is 0 Å². The predicted molar refractivity (Wildman–Crippen MR) is 65.7 cm³/mol. The van der Waals surface area contributed by atoms with E-state index in [9.17, 15) is 0 Å². The highest BCUT2D eigenvalue weighted by molar-refractivity contribution is 5.24.